The van der Waals surface area contributed by atoms with E-state index < -0.39 is 0 Å². The van der Waals surface area contributed by atoms with Crippen LogP contribution in [0.5, 0.6) is 5.75 Å². The van der Waals surface area contributed by atoms with Gasteiger partial charge in [-0.15, -0.1) is 0 Å². The molecule has 0 aliphatic carbocycles. The zero-order valence-electron chi connectivity index (χ0n) is 9.29. The highest BCUT2D eigenvalue weighted by atomic mass is 16.3. The average molecular weight is 205 g/mol. The van der Waals surface area contributed by atoms with Gasteiger partial charge in [0.25, 0.3) is 0 Å². The molecule has 0 atom stereocenters. The van der Waals surface area contributed by atoms with E-state index in [1.54, 1.807) is 6.07 Å². The fraction of sp³-hybridized carbons (Fsp3) is 0.538. The molecule has 1 aromatic carbocycles. The number of phenolic OH excluding ortho intramolecular Hbond substituents is 1. The van der Waals surface area contributed by atoms with Crippen LogP contribution in [0, 0.1) is 5.41 Å². The predicted octanol–water partition coefficient (Wildman–Crippen LogP) is 2.32. The third-order valence-corrected chi connectivity index (χ3v) is 3.27. The Morgan fingerprint density at radius 3 is 2.73 bits per heavy atom. The van der Waals surface area contributed by atoms with Crippen LogP contribution in [0.2, 0.25) is 0 Å². The predicted molar refractivity (Wildman–Crippen MR) is 62.0 cm³/mol. The Bertz CT molecular complexity index is 331. The first-order valence-electron chi connectivity index (χ1n) is 5.73. The van der Waals surface area contributed by atoms with E-state index in [2.05, 4.69) is 18.3 Å². The highest BCUT2D eigenvalue weighted by Gasteiger charge is 2.35. The Morgan fingerprint density at radius 1 is 1.40 bits per heavy atom. The first kappa shape index (κ1) is 10.5. The summed E-state index contributed by atoms with van der Waals surface area (Å²) in [5, 5.41) is 12.8. The smallest absolute Gasteiger partial charge is 0.115 e. The van der Waals surface area contributed by atoms with Gasteiger partial charge in [-0.25, -0.2) is 0 Å². The fourth-order valence-corrected chi connectivity index (χ4v) is 2.50. The Kier molecular flexibility index (Phi) is 2.96. The molecule has 0 radical (unpaired) electrons. The lowest BCUT2D eigenvalue weighted by molar-refractivity contribution is 0.150. The van der Waals surface area contributed by atoms with Gasteiger partial charge in [-0.3, -0.25) is 0 Å². The summed E-state index contributed by atoms with van der Waals surface area (Å²) in [7, 11) is 0. The number of hydrogen-bond acceptors (Lipinski definition) is 2. The monoisotopic (exact) mass is 205 g/mol. The molecule has 2 N–H and O–H groups in total. The van der Waals surface area contributed by atoms with E-state index in [1.807, 2.05) is 12.1 Å². The molecule has 2 nitrogen and oxygen atoms in total. The minimum absolute atomic E-state index is 0.381. The lowest BCUT2D eigenvalue weighted by Gasteiger charge is -2.43. The molecule has 15 heavy (non-hydrogen) atoms. The summed E-state index contributed by atoms with van der Waals surface area (Å²) in [5.74, 6) is 0.381. The number of phenols is 1. The zero-order valence-corrected chi connectivity index (χ0v) is 9.29. The largest absolute Gasteiger partial charge is 0.508 e. The molecule has 1 aromatic rings. The van der Waals surface area contributed by atoms with E-state index in [0.29, 0.717) is 11.2 Å². The maximum atomic E-state index is 9.41. The maximum absolute atomic E-state index is 9.41. The molecule has 0 unspecified atom stereocenters. The summed E-state index contributed by atoms with van der Waals surface area (Å²) in [4.78, 5) is 0. The van der Waals surface area contributed by atoms with Crippen molar-refractivity contribution >= 4 is 0 Å². The van der Waals surface area contributed by atoms with E-state index in [9.17, 15) is 5.11 Å². The second-order valence-corrected chi connectivity index (χ2v) is 4.70. The van der Waals surface area contributed by atoms with Crippen LogP contribution in [0.1, 0.15) is 25.3 Å². The van der Waals surface area contributed by atoms with Gasteiger partial charge >= 0.3 is 0 Å². The Balaban J connectivity index is 2.06. The molecule has 0 aromatic heterocycles. The molecular formula is C13H19NO. The minimum atomic E-state index is 0.381. The molecule has 0 amide bonds. The Hall–Kier alpha value is -1.02. The van der Waals surface area contributed by atoms with Crippen LogP contribution in [0.4, 0.5) is 0 Å². The number of rotatable bonds is 4. The first-order valence-corrected chi connectivity index (χ1v) is 5.73. The van der Waals surface area contributed by atoms with E-state index >= 15 is 0 Å². The van der Waals surface area contributed by atoms with Crippen LogP contribution >= 0.6 is 0 Å². The van der Waals surface area contributed by atoms with Crippen molar-refractivity contribution in [2.45, 2.75) is 26.2 Å². The Labute approximate surface area is 91.3 Å². The van der Waals surface area contributed by atoms with Crippen molar-refractivity contribution in [1.82, 2.24) is 5.32 Å². The van der Waals surface area contributed by atoms with E-state index in [1.165, 1.54) is 18.4 Å². The second kappa shape index (κ2) is 4.23. The van der Waals surface area contributed by atoms with Crippen molar-refractivity contribution in [3.05, 3.63) is 29.8 Å². The van der Waals surface area contributed by atoms with Crippen LogP contribution in [0.25, 0.3) is 0 Å². The molecule has 0 spiro atoms. The molecule has 1 aliphatic heterocycles. The molecule has 1 fully saturated rings. The second-order valence-electron chi connectivity index (χ2n) is 4.70. The summed E-state index contributed by atoms with van der Waals surface area (Å²) in [6.07, 6.45) is 3.60. The third-order valence-electron chi connectivity index (χ3n) is 3.27. The quantitative estimate of drug-likeness (QED) is 0.790. The van der Waals surface area contributed by atoms with Gasteiger partial charge in [-0.1, -0.05) is 25.5 Å². The molecule has 82 valence electrons. The van der Waals surface area contributed by atoms with Crippen molar-refractivity contribution < 1.29 is 5.11 Å². The standard InChI is InChI=1S/C13H19NO/c1-2-6-13(9-14-10-13)8-11-4-3-5-12(15)7-11/h3-5,7,14-15H,2,6,8-10H2,1H3. The van der Waals surface area contributed by atoms with Crippen LogP contribution in [0.15, 0.2) is 24.3 Å². The Morgan fingerprint density at radius 2 is 2.20 bits per heavy atom. The van der Waals surface area contributed by atoms with Crippen LogP contribution in [-0.2, 0) is 6.42 Å². The molecular weight excluding hydrogens is 186 g/mol. The SMILES string of the molecule is CCCC1(Cc2cccc(O)c2)CNC1. The van der Waals surface area contributed by atoms with Crippen molar-refractivity contribution in [1.29, 1.82) is 0 Å². The molecule has 0 saturated carbocycles. The lowest BCUT2D eigenvalue weighted by atomic mass is 9.73. The number of nitrogens with one attached hydrogen (secondary N) is 1. The van der Waals surface area contributed by atoms with Gasteiger partial charge < -0.3 is 10.4 Å². The topological polar surface area (TPSA) is 32.3 Å². The highest BCUT2D eigenvalue weighted by molar-refractivity contribution is 5.28. The summed E-state index contributed by atoms with van der Waals surface area (Å²) in [6.45, 7) is 4.48. The van der Waals surface area contributed by atoms with Crippen molar-refractivity contribution in [3.63, 3.8) is 0 Å². The summed E-state index contributed by atoms with van der Waals surface area (Å²) < 4.78 is 0. The zero-order chi connectivity index (χ0) is 10.7. The summed E-state index contributed by atoms with van der Waals surface area (Å²) in [6, 6.07) is 7.65. The molecule has 1 saturated heterocycles. The van der Waals surface area contributed by atoms with Crippen LogP contribution in [-0.4, -0.2) is 18.2 Å². The van der Waals surface area contributed by atoms with Gasteiger partial charge in [0.15, 0.2) is 0 Å². The van der Waals surface area contributed by atoms with Crippen molar-refractivity contribution in [2.24, 2.45) is 5.41 Å². The van der Waals surface area contributed by atoms with Crippen LogP contribution in [0.3, 0.4) is 0 Å². The van der Waals surface area contributed by atoms with Gasteiger partial charge in [0, 0.05) is 13.1 Å². The third kappa shape index (κ3) is 2.32. The first-order chi connectivity index (χ1) is 7.24. The van der Waals surface area contributed by atoms with E-state index in [4.69, 9.17) is 0 Å². The van der Waals surface area contributed by atoms with Crippen LogP contribution < -0.4 is 5.32 Å². The average Bonchev–Trinajstić information content (AvgIpc) is 2.15. The van der Waals surface area contributed by atoms with Gasteiger partial charge in [-0.2, -0.15) is 0 Å². The van der Waals surface area contributed by atoms with E-state index in [0.717, 1.165) is 19.5 Å². The normalized spacial score (nSPS) is 18.5. The minimum Gasteiger partial charge on any atom is -0.508 e. The lowest BCUT2D eigenvalue weighted by Crippen LogP contribution is -2.54. The van der Waals surface area contributed by atoms with Gasteiger partial charge in [0.2, 0.25) is 0 Å². The van der Waals surface area contributed by atoms with Gasteiger partial charge in [0.1, 0.15) is 5.75 Å². The number of hydrogen-bond donors (Lipinski definition) is 2. The number of benzene rings is 1. The van der Waals surface area contributed by atoms with Crippen molar-refractivity contribution in [2.75, 3.05) is 13.1 Å². The number of aromatic hydroxyl groups is 1. The molecule has 2 heteroatoms. The van der Waals surface area contributed by atoms with Gasteiger partial charge in [-0.05, 0) is 36.0 Å². The highest BCUT2D eigenvalue weighted by Crippen LogP contribution is 2.33. The van der Waals surface area contributed by atoms with Crippen molar-refractivity contribution in [3.8, 4) is 5.75 Å². The fourth-order valence-electron chi connectivity index (χ4n) is 2.50. The van der Waals surface area contributed by atoms with E-state index in [-0.39, 0.29) is 0 Å². The molecule has 1 aliphatic rings. The van der Waals surface area contributed by atoms with Gasteiger partial charge in [0.05, 0.1) is 0 Å². The molecule has 0 bridgehead atoms. The molecule has 2 rings (SSSR count). The molecule has 1 heterocycles. The summed E-state index contributed by atoms with van der Waals surface area (Å²) in [5.41, 5.74) is 1.70. The maximum Gasteiger partial charge on any atom is 0.115 e. The summed E-state index contributed by atoms with van der Waals surface area (Å²) >= 11 is 0.